The molecule has 0 spiro atoms. The van der Waals surface area contributed by atoms with Crippen LogP contribution in [-0.2, 0) is 20.9 Å². The Balaban J connectivity index is 1.44. The van der Waals surface area contributed by atoms with E-state index in [-0.39, 0.29) is 35.4 Å². The Morgan fingerprint density at radius 2 is 1.93 bits per heavy atom. The van der Waals surface area contributed by atoms with Gasteiger partial charge in [0.1, 0.15) is 18.1 Å². The van der Waals surface area contributed by atoms with Crippen molar-refractivity contribution in [2.24, 2.45) is 0 Å². The fraction of sp³-hybridized carbons (Fsp3) is 0.200. The van der Waals surface area contributed by atoms with Gasteiger partial charge < -0.3 is 10.1 Å². The molecule has 1 amide bonds. The Bertz CT molecular complexity index is 1100. The lowest BCUT2D eigenvalue weighted by molar-refractivity contribution is -0.141. The van der Waals surface area contributed by atoms with Gasteiger partial charge in [0.15, 0.2) is 0 Å². The Morgan fingerprint density at radius 3 is 2.69 bits per heavy atom. The third kappa shape index (κ3) is 5.89. The fourth-order valence-corrected chi connectivity index (χ4v) is 3.10. The quantitative estimate of drug-likeness (QED) is 0.597. The molecule has 0 radical (unpaired) electrons. The number of amides is 1. The first kappa shape index (κ1) is 20.5. The number of carbonyl (C=O) groups is 2. The summed E-state index contributed by atoms with van der Waals surface area (Å²) in [5.74, 6) is -1.20. The van der Waals surface area contributed by atoms with Gasteiger partial charge in [-0.25, -0.2) is 9.37 Å². The number of benzene rings is 1. The minimum atomic E-state index is -0.518. The molecule has 0 atom stereocenters. The number of aromatic nitrogens is 2. The van der Waals surface area contributed by atoms with Crippen molar-refractivity contribution in [2.75, 3.05) is 16.8 Å². The molecule has 9 heteroatoms. The number of pyridine rings is 1. The maximum atomic E-state index is 12.8. The Morgan fingerprint density at radius 1 is 1.17 bits per heavy atom. The van der Waals surface area contributed by atoms with Gasteiger partial charge in [-0.05, 0) is 42.8 Å². The van der Waals surface area contributed by atoms with Gasteiger partial charge in [-0.3, -0.25) is 18.8 Å². The van der Waals surface area contributed by atoms with Crippen LogP contribution in [0.25, 0.3) is 5.65 Å². The molecule has 0 unspecified atom stereocenters. The van der Waals surface area contributed by atoms with Gasteiger partial charge in [-0.1, -0.05) is 6.07 Å². The molecule has 0 saturated heterocycles. The Labute approximate surface area is 169 Å². The summed E-state index contributed by atoms with van der Waals surface area (Å²) in [5.41, 5.74) is 1.98. The van der Waals surface area contributed by atoms with Crippen LogP contribution in [0.3, 0.4) is 0 Å². The number of carbonyl (C=O) groups excluding carboxylic acids is 2. The van der Waals surface area contributed by atoms with Gasteiger partial charge in [0.05, 0.1) is 17.2 Å². The van der Waals surface area contributed by atoms with Crippen LogP contribution < -0.4 is 10.9 Å². The molecule has 1 aromatic carbocycles. The molecule has 7 nitrogen and oxygen atoms in total. The van der Waals surface area contributed by atoms with Gasteiger partial charge in [0, 0.05) is 18.0 Å². The smallest absolute Gasteiger partial charge is 0.316 e. The molecule has 0 aliphatic carbocycles. The predicted molar refractivity (Wildman–Crippen MR) is 108 cm³/mol. The maximum absolute atomic E-state index is 12.8. The lowest BCUT2D eigenvalue weighted by Crippen LogP contribution is -2.18. The molecule has 150 valence electrons. The molecule has 0 saturated carbocycles. The van der Waals surface area contributed by atoms with E-state index in [1.807, 2.05) is 13.0 Å². The maximum Gasteiger partial charge on any atom is 0.316 e. The number of thioether (sulfide) groups is 1. The van der Waals surface area contributed by atoms with E-state index < -0.39 is 5.97 Å². The molecule has 2 aromatic heterocycles. The van der Waals surface area contributed by atoms with Crippen LogP contribution >= 0.6 is 11.8 Å². The first-order chi connectivity index (χ1) is 13.9. The summed E-state index contributed by atoms with van der Waals surface area (Å²) in [6.07, 6.45) is 1.69. The summed E-state index contributed by atoms with van der Waals surface area (Å²) < 4.78 is 19.4. The van der Waals surface area contributed by atoms with Crippen molar-refractivity contribution in [2.45, 2.75) is 13.5 Å². The highest BCUT2D eigenvalue weighted by Crippen LogP contribution is 2.10. The second-order valence-corrected chi connectivity index (χ2v) is 7.21. The number of aryl methyl sites for hydroxylation is 1. The summed E-state index contributed by atoms with van der Waals surface area (Å²) in [4.78, 5) is 40.1. The van der Waals surface area contributed by atoms with E-state index in [0.29, 0.717) is 17.0 Å². The molecular formula is C20H18FN3O4S. The Hall–Kier alpha value is -3.20. The lowest BCUT2D eigenvalue weighted by Gasteiger charge is -2.07. The van der Waals surface area contributed by atoms with E-state index in [4.69, 9.17) is 4.74 Å². The number of esters is 1. The molecule has 0 aliphatic rings. The van der Waals surface area contributed by atoms with Gasteiger partial charge in [0.2, 0.25) is 5.91 Å². The largest absolute Gasteiger partial charge is 0.459 e. The van der Waals surface area contributed by atoms with E-state index in [0.717, 1.165) is 17.3 Å². The third-order valence-electron chi connectivity index (χ3n) is 3.82. The normalized spacial score (nSPS) is 10.7. The Kier molecular flexibility index (Phi) is 6.61. The van der Waals surface area contributed by atoms with Crippen LogP contribution in [0.1, 0.15) is 11.3 Å². The number of nitrogens with one attached hydrogen (secondary N) is 1. The first-order valence-corrected chi connectivity index (χ1v) is 9.84. The van der Waals surface area contributed by atoms with E-state index in [1.54, 1.807) is 12.3 Å². The predicted octanol–water partition coefficient (Wildman–Crippen LogP) is 2.56. The van der Waals surface area contributed by atoms with Gasteiger partial charge in [-0.2, -0.15) is 0 Å². The number of nitrogens with zero attached hydrogens (tertiary/aromatic N) is 2. The highest BCUT2D eigenvalue weighted by Gasteiger charge is 2.09. The zero-order valence-corrected chi connectivity index (χ0v) is 16.4. The van der Waals surface area contributed by atoms with Gasteiger partial charge >= 0.3 is 5.97 Å². The second-order valence-electron chi connectivity index (χ2n) is 6.23. The lowest BCUT2D eigenvalue weighted by atomic mass is 10.3. The average Bonchev–Trinajstić information content (AvgIpc) is 2.69. The fourth-order valence-electron chi connectivity index (χ4n) is 2.49. The summed E-state index contributed by atoms with van der Waals surface area (Å²) in [7, 11) is 0. The van der Waals surface area contributed by atoms with E-state index in [9.17, 15) is 18.8 Å². The minimum Gasteiger partial charge on any atom is -0.459 e. The van der Waals surface area contributed by atoms with E-state index in [1.165, 1.54) is 34.7 Å². The first-order valence-electron chi connectivity index (χ1n) is 8.68. The van der Waals surface area contributed by atoms with Gasteiger partial charge in [-0.15, -0.1) is 11.8 Å². The van der Waals surface area contributed by atoms with Crippen molar-refractivity contribution in [3.63, 3.8) is 0 Å². The standard InChI is InChI=1S/C20H18FN3O4S/c1-13-2-7-17-22-16(8-19(26)24(17)9-13)10-28-20(27)12-29-11-18(25)23-15-5-3-14(21)4-6-15/h2-9H,10-12H2,1H3,(H,23,25). The SMILES string of the molecule is Cc1ccc2nc(COC(=O)CSCC(=O)Nc3ccc(F)cc3)cc(=O)n2c1. The summed E-state index contributed by atoms with van der Waals surface area (Å²) in [6, 6.07) is 10.3. The number of rotatable bonds is 7. The number of hydrogen-bond acceptors (Lipinski definition) is 6. The average molecular weight is 415 g/mol. The van der Waals surface area contributed by atoms with Crippen LogP contribution in [0.2, 0.25) is 0 Å². The van der Waals surface area contributed by atoms with Gasteiger partial charge in [0.25, 0.3) is 5.56 Å². The van der Waals surface area contributed by atoms with Crippen molar-refractivity contribution >= 4 is 35.0 Å². The van der Waals surface area contributed by atoms with Crippen molar-refractivity contribution in [1.29, 1.82) is 0 Å². The second kappa shape index (κ2) is 9.33. The molecule has 29 heavy (non-hydrogen) atoms. The monoisotopic (exact) mass is 415 g/mol. The number of ether oxygens (including phenoxy) is 1. The molecular weight excluding hydrogens is 397 g/mol. The minimum absolute atomic E-state index is 0.0252. The summed E-state index contributed by atoms with van der Waals surface area (Å²) in [6.45, 7) is 1.75. The van der Waals surface area contributed by atoms with Crippen molar-refractivity contribution in [3.8, 4) is 0 Å². The summed E-state index contributed by atoms with van der Waals surface area (Å²) in [5, 5.41) is 2.60. The third-order valence-corrected chi connectivity index (χ3v) is 4.73. The van der Waals surface area contributed by atoms with Crippen LogP contribution in [-0.4, -0.2) is 32.8 Å². The molecule has 1 N–H and O–H groups in total. The molecule has 3 aromatic rings. The topological polar surface area (TPSA) is 89.8 Å². The highest BCUT2D eigenvalue weighted by atomic mass is 32.2. The molecule has 0 bridgehead atoms. The highest BCUT2D eigenvalue weighted by molar-refractivity contribution is 8.00. The van der Waals surface area contributed by atoms with E-state index in [2.05, 4.69) is 10.3 Å². The van der Waals surface area contributed by atoms with Crippen LogP contribution in [0.15, 0.2) is 53.5 Å². The van der Waals surface area contributed by atoms with Crippen molar-refractivity contribution < 1.29 is 18.7 Å². The molecule has 0 aliphatic heterocycles. The molecule has 0 fully saturated rings. The number of anilines is 1. The van der Waals surface area contributed by atoms with Crippen LogP contribution in [0.4, 0.5) is 10.1 Å². The van der Waals surface area contributed by atoms with E-state index >= 15 is 0 Å². The zero-order chi connectivity index (χ0) is 20.8. The number of hydrogen-bond donors (Lipinski definition) is 1. The number of fused-ring (bicyclic) bond motifs is 1. The van der Waals surface area contributed by atoms with Crippen molar-refractivity contribution in [1.82, 2.24) is 9.38 Å². The van der Waals surface area contributed by atoms with Crippen LogP contribution in [0, 0.1) is 12.7 Å². The number of halogens is 1. The zero-order valence-electron chi connectivity index (χ0n) is 15.6. The molecule has 3 rings (SSSR count). The molecule has 2 heterocycles. The summed E-state index contributed by atoms with van der Waals surface area (Å²) >= 11 is 1.09. The van der Waals surface area contributed by atoms with Crippen molar-refractivity contribution in [3.05, 3.63) is 76.1 Å². The van der Waals surface area contributed by atoms with Crippen LogP contribution in [0.5, 0.6) is 0 Å².